The SMILES string of the molecule is C.CC1(C)OC[C@H]([C@H](OCc2ccccc2)C(F)(F)[C@H](O)COC(=O)c2ccccc2)O1.CC[C@H]1OC(O)[C@H](OCc2ccccc2)C1(F)F. The van der Waals surface area contributed by atoms with Crippen LogP contribution in [0, 0.1) is 0 Å². The molecular formula is C37H46F4O9. The minimum Gasteiger partial charge on any atom is -0.459 e. The maximum atomic E-state index is 15.2. The second kappa shape index (κ2) is 18.2. The summed E-state index contributed by atoms with van der Waals surface area (Å²) >= 11 is 0. The summed E-state index contributed by atoms with van der Waals surface area (Å²) < 4.78 is 89.5. The zero-order valence-corrected chi connectivity index (χ0v) is 27.4. The maximum Gasteiger partial charge on any atom is 0.338 e. The van der Waals surface area contributed by atoms with Gasteiger partial charge in [0.2, 0.25) is 0 Å². The van der Waals surface area contributed by atoms with Crippen LogP contribution in [0.1, 0.15) is 56.1 Å². The van der Waals surface area contributed by atoms with Crippen molar-refractivity contribution in [2.75, 3.05) is 13.2 Å². The van der Waals surface area contributed by atoms with Gasteiger partial charge in [0.05, 0.1) is 25.4 Å². The Morgan fingerprint density at radius 3 is 1.98 bits per heavy atom. The molecule has 13 heteroatoms. The molecule has 2 saturated heterocycles. The molecule has 2 aliphatic rings. The molecule has 1 unspecified atom stereocenters. The van der Waals surface area contributed by atoms with Crippen LogP contribution in [0.2, 0.25) is 0 Å². The van der Waals surface area contributed by atoms with Gasteiger partial charge >= 0.3 is 17.8 Å². The van der Waals surface area contributed by atoms with Crippen molar-refractivity contribution in [1.29, 1.82) is 0 Å². The Labute approximate surface area is 290 Å². The standard InChI is InChI=1S/C23H26F2O6.C13H16F2O3.CH4/c1-22(2)30-14-18(31-22)20(28-13-16-9-5-3-6-10-16)23(24,25)19(26)15-29-21(27)17-11-7-4-8-12-17;1-2-10-13(14,15)11(12(16)18-10)17-8-9-6-4-3-5-7-9;/h3-12,18-20,26H,13-15H2,1-2H3;3-7,10-12,16H,2,8H2,1H3;1H4/t18-,19-,20+;10-,11+,12?;/m11./s1. The number of aliphatic hydroxyl groups is 2. The molecule has 2 heterocycles. The molecule has 3 aromatic rings. The zero-order valence-electron chi connectivity index (χ0n) is 27.4. The Morgan fingerprint density at radius 2 is 1.48 bits per heavy atom. The van der Waals surface area contributed by atoms with E-state index >= 15 is 8.78 Å². The molecule has 2 N–H and O–H groups in total. The molecule has 2 aliphatic heterocycles. The molecule has 5 rings (SSSR count). The number of ether oxygens (including phenoxy) is 6. The first-order chi connectivity index (χ1) is 23.2. The lowest BCUT2D eigenvalue weighted by Gasteiger charge is -2.33. The number of carbonyl (C=O) groups excluding carboxylic acids is 1. The van der Waals surface area contributed by atoms with Crippen molar-refractivity contribution < 1.29 is 61.0 Å². The van der Waals surface area contributed by atoms with E-state index in [1.165, 1.54) is 12.1 Å². The molecule has 0 spiro atoms. The number of rotatable bonds is 13. The number of aliphatic hydroxyl groups excluding tert-OH is 2. The lowest BCUT2D eigenvalue weighted by atomic mass is 10.0. The van der Waals surface area contributed by atoms with Gasteiger partial charge in [-0.05, 0) is 43.5 Å². The van der Waals surface area contributed by atoms with Crippen LogP contribution in [0.15, 0.2) is 91.0 Å². The number of hydrogen-bond donors (Lipinski definition) is 2. The predicted molar refractivity (Wildman–Crippen MR) is 175 cm³/mol. The molecule has 276 valence electrons. The summed E-state index contributed by atoms with van der Waals surface area (Å²) in [5.41, 5.74) is 1.66. The third kappa shape index (κ3) is 10.8. The molecule has 50 heavy (non-hydrogen) atoms. The summed E-state index contributed by atoms with van der Waals surface area (Å²) in [4.78, 5) is 12.0. The van der Waals surface area contributed by atoms with Gasteiger partial charge in [-0.1, -0.05) is 93.2 Å². The third-order valence-electron chi connectivity index (χ3n) is 7.86. The summed E-state index contributed by atoms with van der Waals surface area (Å²) in [5.74, 6) is -8.80. The first-order valence-electron chi connectivity index (χ1n) is 15.9. The van der Waals surface area contributed by atoms with Crippen LogP contribution in [0.5, 0.6) is 0 Å². The predicted octanol–water partition coefficient (Wildman–Crippen LogP) is 6.55. The maximum absolute atomic E-state index is 15.2. The first-order valence-corrected chi connectivity index (χ1v) is 15.9. The summed E-state index contributed by atoms with van der Waals surface area (Å²) in [6, 6.07) is 25.7. The van der Waals surface area contributed by atoms with Gasteiger partial charge < -0.3 is 38.6 Å². The molecule has 0 aliphatic carbocycles. The molecule has 0 aromatic heterocycles. The summed E-state index contributed by atoms with van der Waals surface area (Å²) in [6.45, 7) is 3.69. The van der Waals surface area contributed by atoms with E-state index in [0.717, 1.165) is 5.56 Å². The molecule has 3 aromatic carbocycles. The average Bonchev–Trinajstić information content (AvgIpc) is 3.56. The van der Waals surface area contributed by atoms with Gasteiger partial charge in [0.1, 0.15) is 18.8 Å². The van der Waals surface area contributed by atoms with Crippen LogP contribution in [-0.2, 0) is 41.6 Å². The monoisotopic (exact) mass is 710 g/mol. The van der Waals surface area contributed by atoms with E-state index in [1.807, 2.05) is 6.07 Å². The van der Waals surface area contributed by atoms with Crippen LogP contribution >= 0.6 is 0 Å². The normalized spacial score (nSPS) is 23.5. The Balaban J connectivity index is 0.000000303. The highest BCUT2D eigenvalue weighted by Gasteiger charge is 2.59. The third-order valence-corrected chi connectivity index (χ3v) is 7.86. The highest BCUT2D eigenvalue weighted by molar-refractivity contribution is 5.89. The molecule has 0 bridgehead atoms. The number of esters is 1. The summed E-state index contributed by atoms with van der Waals surface area (Å²) in [6.07, 6.45) is -9.57. The van der Waals surface area contributed by atoms with Gasteiger partial charge in [-0.3, -0.25) is 0 Å². The van der Waals surface area contributed by atoms with E-state index in [9.17, 15) is 23.8 Å². The smallest absolute Gasteiger partial charge is 0.338 e. The molecule has 0 amide bonds. The van der Waals surface area contributed by atoms with E-state index in [2.05, 4.69) is 0 Å². The van der Waals surface area contributed by atoms with Crippen molar-refractivity contribution in [2.45, 2.75) is 102 Å². The van der Waals surface area contributed by atoms with E-state index in [1.54, 1.807) is 93.6 Å². The minimum absolute atomic E-state index is 0. The van der Waals surface area contributed by atoms with Gasteiger partial charge in [0, 0.05) is 0 Å². The van der Waals surface area contributed by atoms with E-state index in [-0.39, 0.29) is 39.2 Å². The van der Waals surface area contributed by atoms with Crippen LogP contribution in [0.4, 0.5) is 17.6 Å². The number of benzene rings is 3. The number of hydrogen-bond acceptors (Lipinski definition) is 9. The van der Waals surface area contributed by atoms with Crippen molar-refractivity contribution in [3.8, 4) is 0 Å². The van der Waals surface area contributed by atoms with Gasteiger partial charge in [0.15, 0.2) is 30.4 Å². The highest BCUT2D eigenvalue weighted by atomic mass is 19.3. The van der Waals surface area contributed by atoms with Gasteiger partial charge in [-0.25, -0.2) is 22.4 Å². The lowest BCUT2D eigenvalue weighted by Crippen LogP contribution is -2.54. The van der Waals surface area contributed by atoms with Crippen LogP contribution in [0.25, 0.3) is 0 Å². The average molecular weight is 711 g/mol. The molecule has 0 saturated carbocycles. The largest absolute Gasteiger partial charge is 0.459 e. The Hall–Kier alpha value is -3.43. The summed E-state index contributed by atoms with van der Waals surface area (Å²) in [7, 11) is 0. The molecule has 2 fully saturated rings. The Morgan fingerprint density at radius 1 is 0.940 bits per heavy atom. The fraction of sp³-hybridized carbons (Fsp3) is 0.486. The second-order valence-corrected chi connectivity index (χ2v) is 12.1. The van der Waals surface area contributed by atoms with Crippen molar-refractivity contribution >= 4 is 5.97 Å². The van der Waals surface area contributed by atoms with Gasteiger partial charge in [-0.15, -0.1) is 0 Å². The summed E-state index contributed by atoms with van der Waals surface area (Å²) in [5, 5.41) is 19.7. The second-order valence-electron chi connectivity index (χ2n) is 12.1. The minimum atomic E-state index is -3.78. The molecule has 9 nitrogen and oxygen atoms in total. The molecular weight excluding hydrogens is 664 g/mol. The van der Waals surface area contributed by atoms with E-state index < -0.39 is 67.0 Å². The lowest BCUT2D eigenvalue weighted by molar-refractivity contribution is -0.242. The molecule has 0 radical (unpaired) electrons. The van der Waals surface area contributed by atoms with Crippen LogP contribution in [0.3, 0.4) is 0 Å². The van der Waals surface area contributed by atoms with Crippen molar-refractivity contribution in [3.63, 3.8) is 0 Å². The van der Waals surface area contributed by atoms with Gasteiger partial charge in [-0.2, -0.15) is 0 Å². The highest BCUT2D eigenvalue weighted by Crippen LogP contribution is 2.39. The fourth-order valence-electron chi connectivity index (χ4n) is 5.23. The quantitative estimate of drug-likeness (QED) is 0.151. The first kappa shape index (κ1) is 41.0. The van der Waals surface area contributed by atoms with Crippen molar-refractivity contribution in [3.05, 3.63) is 108 Å². The van der Waals surface area contributed by atoms with Gasteiger partial charge in [0.25, 0.3) is 0 Å². The zero-order chi connectivity index (χ0) is 35.7. The fourth-order valence-corrected chi connectivity index (χ4v) is 5.23. The van der Waals surface area contributed by atoms with Crippen LogP contribution in [-0.4, -0.2) is 83.8 Å². The number of alkyl halides is 4. The van der Waals surface area contributed by atoms with Crippen molar-refractivity contribution in [2.24, 2.45) is 0 Å². The topological polar surface area (TPSA) is 113 Å². The molecule has 6 atom stereocenters. The van der Waals surface area contributed by atoms with E-state index in [0.29, 0.717) is 5.56 Å². The van der Waals surface area contributed by atoms with Crippen LogP contribution < -0.4 is 0 Å². The number of carbonyl (C=O) groups is 1. The Kier molecular flexibility index (Phi) is 14.9. The Bertz CT molecular complexity index is 1430. The van der Waals surface area contributed by atoms with E-state index in [4.69, 9.17) is 28.4 Å². The number of halogens is 4. The van der Waals surface area contributed by atoms with Crippen molar-refractivity contribution in [1.82, 2.24) is 0 Å².